The van der Waals surface area contributed by atoms with Gasteiger partial charge >= 0.3 is 5.97 Å². The molecule has 116 valence electrons. The summed E-state index contributed by atoms with van der Waals surface area (Å²) < 4.78 is 4.99. The second kappa shape index (κ2) is 7.25. The van der Waals surface area contributed by atoms with Gasteiger partial charge in [0.2, 0.25) is 0 Å². The molecule has 2 heterocycles. The summed E-state index contributed by atoms with van der Waals surface area (Å²) in [4.78, 5) is 13.9. The average Bonchev–Trinajstić information content (AvgIpc) is 3.21. The van der Waals surface area contributed by atoms with Crippen molar-refractivity contribution in [3.05, 3.63) is 46.7 Å². The zero-order valence-corrected chi connectivity index (χ0v) is 14.2. The molecular weight excluding hydrogens is 312 g/mol. The van der Waals surface area contributed by atoms with E-state index >= 15 is 0 Å². The first-order chi connectivity index (χ1) is 10.8. The Morgan fingerprint density at radius 2 is 1.73 bits per heavy atom. The highest BCUT2D eigenvalue weighted by molar-refractivity contribution is 7.20. The largest absolute Gasteiger partial charge is 0.463 e. The van der Waals surface area contributed by atoms with Crippen LogP contribution in [0.15, 0.2) is 35.5 Å². The summed E-state index contributed by atoms with van der Waals surface area (Å²) in [5.74, 6) is 0.280. The Hall–Kier alpha value is -1.39. The number of hydrogen-bond acceptors (Lipinski definition) is 4. The Kier molecular flexibility index (Phi) is 5.11. The van der Waals surface area contributed by atoms with Crippen LogP contribution >= 0.6 is 22.7 Å². The van der Waals surface area contributed by atoms with E-state index in [-0.39, 0.29) is 5.97 Å². The van der Waals surface area contributed by atoms with Gasteiger partial charge < -0.3 is 4.74 Å². The van der Waals surface area contributed by atoms with E-state index in [0.29, 0.717) is 12.5 Å². The van der Waals surface area contributed by atoms with Crippen LogP contribution in [0.25, 0.3) is 9.75 Å². The minimum absolute atomic E-state index is 0.319. The first-order valence-corrected chi connectivity index (χ1v) is 9.51. The van der Waals surface area contributed by atoms with Crippen LogP contribution in [-0.2, 0) is 9.53 Å². The summed E-state index contributed by atoms with van der Waals surface area (Å²) in [5, 5.41) is 4.43. The van der Waals surface area contributed by atoms with E-state index in [2.05, 4.69) is 29.5 Å². The molecule has 0 N–H and O–H groups in total. The monoisotopic (exact) mass is 332 g/mol. The first kappa shape index (κ1) is 15.5. The third-order valence-electron chi connectivity index (χ3n) is 4.15. The van der Waals surface area contributed by atoms with Crippen molar-refractivity contribution in [1.82, 2.24) is 0 Å². The molecule has 0 aliphatic heterocycles. The third-order valence-corrected chi connectivity index (χ3v) is 6.17. The molecule has 0 amide bonds. The standard InChI is InChI=1S/C18H20O2S2/c1-2-16(19)20-10-6-4-3-5-7-13-14-8-11-21-17(14)18-15(13)9-12-22-18/h2,8-9,11-13H,1,3-7,10H2. The summed E-state index contributed by atoms with van der Waals surface area (Å²) in [7, 11) is 0. The molecule has 0 unspecified atom stereocenters. The molecule has 3 rings (SSSR count). The van der Waals surface area contributed by atoms with Crippen molar-refractivity contribution in [1.29, 1.82) is 0 Å². The molecule has 2 aromatic rings. The Bertz CT molecular complexity index is 613. The van der Waals surface area contributed by atoms with E-state index in [4.69, 9.17) is 4.74 Å². The maximum atomic E-state index is 10.9. The maximum absolute atomic E-state index is 10.9. The molecular formula is C18H20O2S2. The van der Waals surface area contributed by atoms with Gasteiger partial charge in [0.1, 0.15) is 0 Å². The molecule has 0 saturated carbocycles. The molecule has 0 radical (unpaired) electrons. The van der Waals surface area contributed by atoms with Crippen molar-refractivity contribution in [3.63, 3.8) is 0 Å². The minimum atomic E-state index is -0.319. The molecule has 2 aromatic heterocycles. The first-order valence-electron chi connectivity index (χ1n) is 7.75. The Labute approximate surface area is 139 Å². The lowest BCUT2D eigenvalue weighted by Gasteiger charge is -2.11. The lowest BCUT2D eigenvalue weighted by molar-refractivity contribution is -0.137. The second-order valence-electron chi connectivity index (χ2n) is 5.54. The Morgan fingerprint density at radius 3 is 2.36 bits per heavy atom. The number of carbonyl (C=O) groups is 1. The van der Waals surface area contributed by atoms with Gasteiger partial charge in [-0.3, -0.25) is 0 Å². The van der Waals surface area contributed by atoms with Gasteiger partial charge in [-0.25, -0.2) is 4.79 Å². The van der Waals surface area contributed by atoms with Crippen molar-refractivity contribution in [2.24, 2.45) is 0 Å². The molecule has 0 fully saturated rings. The van der Waals surface area contributed by atoms with E-state index in [1.165, 1.54) is 46.2 Å². The average molecular weight is 332 g/mol. The van der Waals surface area contributed by atoms with E-state index < -0.39 is 0 Å². The van der Waals surface area contributed by atoms with Crippen LogP contribution in [0.3, 0.4) is 0 Å². The lowest BCUT2D eigenvalue weighted by Crippen LogP contribution is -2.01. The lowest BCUT2D eigenvalue weighted by atomic mass is 9.93. The van der Waals surface area contributed by atoms with Crippen molar-refractivity contribution in [2.45, 2.75) is 38.0 Å². The quantitative estimate of drug-likeness (QED) is 0.357. The molecule has 0 aromatic carbocycles. The Morgan fingerprint density at radius 1 is 1.09 bits per heavy atom. The van der Waals surface area contributed by atoms with Crippen LogP contribution in [0.5, 0.6) is 0 Å². The number of esters is 1. The predicted octanol–water partition coefficient (Wildman–Crippen LogP) is 5.60. The predicted molar refractivity (Wildman–Crippen MR) is 93.7 cm³/mol. The fourth-order valence-corrected chi connectivity index (χ4v) is 5.20. The Balaban J connectivity index is 1.42. The number of ether oxygens (including phenoxy) is 1. The molecule has 0 atom stereocenters. The van der Waals surface area contributed by atoms with E-state index in [9.17, 15) is 4.79 Å². The van der Waals surface area contributed by atoms with Gasteiger partial charge in [-0.2, -0.15) is 0 Å². The molecule has 4 heteroatoms. The van der Waals surface area contributed by atoms with E-state index in [0.717, 1.165) is 12.8 Å². The molecule has 1 aliphatic rings. The fourth-order valence-electron chi connectivity index (χ4n) is 3.07. The number of thiophene rings is 2. The number of hydrogen-bond donors (Lipinski definition) is 0. The van der Waals surface area contributed by atoms with Crippen LogP contribution in [0.1, 0.15) is 49.1 Å². The SMILES string of the molecule is C=CC(=O)OCCCCCCC1c2ccsc2-c2sccc21. The molecule has 0 bridgehead atoms. The van der Waals surface area contributed by atoms with Crippen molar-refractivity contribution >= 4 is 28.6 Å². The number of fused-ring (bicyclic) bond motifs is 3. The molecule has 1 aliphatic carbocycles. The maximum Gasteiger partial charge on any atom is 0.330 e. The molecule has 22 heavy (non-hydrogen) atoms. The topological polar surface area (TPSA) is 26.3 Å². The van der Waals surface area contributed by atoms with E-state index in [1.54, 1.807) is 0 Å². The van der Waals surface area contributed by atoms with Crippen LogP contribution in [0.2, 0.25) is 0 Å². The summed E-state index contributed by atoms with van der Waals surface area (Å²) in [6, 6.07) is 4.60. The minimum Gasteiger partial charge on any atom is -0.463 e. The van der Waals surface area contributed by atoms with Crippen molar-refractivity contribution < 1.29 is 9.53 Å². The van der Waals surface area contributed by atoms with Gasteiger partial charge in [-0.1, -0.05) is 25.8 Å². The van der Waals surface area contributed by atoms with E-state index in [1.807, 2.05) is 22.7 Å². The van der Waals surface area contributed by atoms with Gasteiger partial charge in [-0.15, -0.1) is 22.7 Å². The van der Waals surface area contributed by atoms with Gasteiger partial charge in [0.05, 0.1) is 6.61 Å². The van der Waals surface area contributed by atoms with Gasteiger partial charge in [0.25, 0.3) is 0 Å². The van der Waals surface area contributed by atoms with Gasteiger partial charge in [0.15, 0.2) is 0 Å². The molecule has 2 nitrogen and oxygen atoms in total. The normalized spacial score (nSPS) is 12.9. The summed E-state index contributed by atoms with van der Waals surface area (Å²) in [5.41, 5.74) is 3.07. The summed E-state index contributed by atoms with van der Waals surface area (Å²) in [6.07, 6.45) is 6.92. The summed E-state index contributed by atoms with van der Waals surface area (Å²) >= 11 is 3.74. The fraction of sp³-hybridized carbons (Fsp3) is 0.389. The van der Waals surface area contributed by atoms with Crippen molar-refractivity contribution in [2.75, 3.05) is 6.61 Å². The van der Waals surface area contributed by atoms with Gasteiger partial charge in [-0.05, 0) is 46.9 Å². The smallest absolute Gasteiger partial charge is 0.330 e. The van der Waals surface area contributed by atoms with Crippen LogP contribution in [-0.4, -0.2) is 12.6 Å². The highest BCUT2D eigenvalue weighted by atomic mass is 32.1. The van der Waals surface area contributed by atoms with Crippen LogP contribution < -0.4 is 0 Å². The number of unbranched alkanes of at least 4 members (excludes halogenated alkanes) is 3. The van der Waals surface area contributed by atoms with Crippen LogP contribution in [0, 0.1) is 0 Å². The number of carbonyl (C=O) groups excluding carboxylic acids is 1. The molecule has 0 spiro atoms. The van der Waals surface area contributed by atoms with Gasteiger partial charge in [0, 0.05) is 21.7 Å². The number of rotatable bonds is 8. The highest BCUT2D eigenvalue weighted by Gasteiger charge is 2.30. The highest BCUT2D eigenvalue weighted by Crippen LogP contribution is 2.51. The van der Waals surface area contributed by atoms with Crippen molar-refractivity contribution in [3.8, 4) is 9.75 Å². The summed E-state index contributed by atoms with van der Waals surface area (Å²) in [6.45, 7) is 3.90. The zero-order valence-electron chi connectivity index (χ0n) is 12.5. The van der Waals surface area contributed by atoms with Crippen LogP contribution in [0.4, 0.5) is 0 Å². The zero-order chi connectivity index (χ0) is 15.4. The third kappa shape index (κ3) is 3.18. The second-order valence-corrected chi connectivity index (χ2v) is 7.37. The molecule has 0 saturated heterocycles.